The molecule has 0 spiro atoms. The molecule has 0 aromatic carbocycles. The molecular formula is C17H21N7O. The molecule has 3 aromatic heterocycles. The SMILES string of the molecule is CNc1nc(Nc2cc3c(nc2OC)CCN(C)C3)nc2[nH]ccc12. The Morgan fingerprint density at radius 3 is 2.96 bits per heavy atom. The Bertz CT molecular complexity index is 921. The fraction of sp³-hybridized carbons (Fsp3) is 0.353. The summed E-state index contributed by atoms with van der Waals surface area (Å²) in [6, 6.07) is 4.03. The normalized spacial score (nSPS) is 14.4. The number of pyridine rings is 1. The molecule has 1 aliphatic rings. The number of nitrogens with one attached hydrogen (secondary N) is 3. The first-order valence-corrected chi connectivity index (χ1v) is 8.23. The second-order valence-corrected chi connectivity index (χ2v) is 6.15. The van der Waals surface area contributed by atoms with Gasteiger partial charge in [0.05, 0.1) is 18.2 Å². The van der Waals surface area contributed by atoms with E-state index in [0.717, 1.165) is 47.7 Å². The number of H-pyrrole nitrogens is 1. The highest BCUT2D eigenvalue weighted by atomic mass is 16.5. The Morgan fingerprint density at radius 1 is 1.28 bits per heavy atom. The maximum atomic E-state index is 5.47. The van der Waals surface area contributed by atoms with E-state index in [1.165, 1.54) is 5.56 Å². The van der Waals surface area contributed by atoms with Gasteiger partial charge in [-0.2, -0.15) is 9.97 Å². The molecule has 0 fully saturated rings. The van der Waals surface area contributed by atoms with Crippen LogP contribution >= 0.6 is 0 Å². The third-order valence-corrected chi connectivity index (χ3v) is 4.42. The maximum absolute atomic E-state index is 5.47. The summed E-state index contributed by atoms with van der Waals surface area (Å²) in [4.78, 5) is 19.1. The molecule has 3 aromatic rings. The van der Waals surface area contributed by atoms with Gasteiger partial charge in [0.15, 0.2) is 0 Å². The third-order valence-electron chi connectivity index (χ3n) is 4.42. The molecule has 130 valence electrons. The number of aromatic nitrogens is 4. The number of aromatic amines is 1. The van der Waals surface area contributed by atoms with Gasteiger partial charge < -0.3 is 25.3 Å². The molecule has 4 rings (SSSR count). The van der Waals surface area contributed by atoms with E-state index in [9.17, 15) is 0 Å². The number of rotatable bonds is 4. The van der Waals surface area contributed by atoms with Crippen molar-refractivity contribution in [3.05, 3.63) is 29.6 Å². The topological polar surface area (TPSA) is 91.0 Å². The fourth-order valence-corrected chi connectivity index (χ4v) is 3.15. The zero-order chi connectivity index (χ0) is 17.4. The van der Waals surface area contributed by atoms with Crippen LogP contribution in [-0.2, 0) is 13.0 Å². The van der Waals surface area contributed by atoms with Gasteiger partial charge in [-0.15, -0.1) is 0 Å². The van der Waals surface area contributed by atoms with Crippen molar-refractivity contribution in [1.82, 2.24) is 24.8 Å². The monoisotopic (exact) mass is 339 g/mol. The van der Waals surface area contributed by atoms with Crippen LogP contribution in [0.1, 0.15) is 11.3 Å². The molecular weight excluding hydrogens is 318 g/mol. The Labute approximate surface area is 145 Å². The van der Waals surface area contributed by atoms with E-state index < -0.39 is 0 Å². The highest BCUT2D eigenvalue weighted by Crippen LogP contribution is 2.30. The molecule has 0 aliphatic carbocycles. The molecule has 0 atom stereocenters. The van der Waals surface area contributed by atoms with Crippen LogP contribution in [0.3, 0.4) is 0 Å². The van der Waals surface area contributed by atoms with Crippen molar-refractivity contribution in [2.24, 2.45) is 0 Å². The van der Waals surface area contributed by atoms with Gasteiger partial charge in [0.1, 0.15) is 17.2 Å². The molecule has 1 aliphatic heterocycles. The van der Waals surface area contributed by atoms with E-state index in [4.69, 9.17) is 4.74 Å². The summed E-state index contributed by atoms with van der Waals surface area (Å²) in [5.41, 5.74) is 3.83. The largest absolute Gasteiger partial charge is 0.480 e. The number of likely N-dealkylation sites (N-methyl/N-ethyl adjacent to an activating group) is 1. The Hall–Kier alpha value is -2.87. The van der Waals surface area contributed by atoms with Crippen LogP contribution in [0, 0.1) is 0 Å². The number of nitrogens with zero attached hydrogens (tertiary/aromatic N) is 4. The lowest BCUT2D eigenvalue weighted by molar-refractivity contribution is 0.307. The average molecular weight is 339 g/mol. The summed E-state index contributed by atoms with van der Waals surface area (Å²) in [6.07, 6.45) is 2.78. The first kappa shape index (κ1) is 15.6. The van der Waals surface area contributed by atoms with Gasteiger partial charge in [-0.05, 0) is 24.7 Å². The summed E-state index contributed by atoms with van der Waals surface area (Å²) in [7, 11) is 5.58. The average Bonchev–Trinajstić information content (AvgIpc) is 3.09. The lowest BCUT2D eigenvalue weighted by Gasteiger charge is -2.25. The zero-order valence-electron chi connectivity index (χ0n) is 14.6. The van der Waals surface area contributed by atoms with Crippen LogP contribution in [0.5, 0.6) is 5.88 Å². The quantitative estimate of drug-likeness (QED) is 0.671. The van der Waals surface area contributed by atoms with Crippen LogP contribution in [0.2, 0.25) is 0 Å². The van der Waals surface area contributed by atoms with Crippen molar-refractivity contribution in [3.63, 3.8) is 0 Å². The Balaban J connectivity index is 1.74. The minimum atomic E-state index is 0.489. The lowest BCUT2D eigenvalue weighted by atomic mass is 10.1. The van der Waals surface area contributed by atoms with Crippen molar-refractivity contribution in [1.29, 1.82) is 0 Å². The summed E-state index contributed by atoms with van der Waals surface area (Å²) in [5, 5.41) is 7.31. The number of hydrogen-bond donors (Lipinski definition) is 3. The van der Waals surface area contributed by atoms with Gasteiger partial charge in [-0.25, -0.2) is 4.98 Å². The van der Waals surface area contributed by atoms with Gasteiger partial charge in [-0.3, -0.25) is 0 Å². The Morgan fingerprint density at radius 2 is 2.16 bits per heavy atom. The standard InChI is InChI=1S/C17H21N7O/c1-18-14-11-4-6-19-15(11)23-17(22-14)21-13-8-10-9-24(2)7-5-12(10)20-16(13)25-3/h4,6,8H,5,7,9H2,1-3H3,(H3,18,19,21,22,23). The zero-order valence-corrected chi connectivity index (χ0v) is 14.6. The highest BCUT2D eigenvalue weighted by molar-refractivity contribution is 5.88. The van der Waals surface area contributed by atoms with Gasteiger partial charge in [0.25, 0.3) is 0 Å². The minimum Gasteiger partial charge on any atom is -0.480 e. The smallest absolute Gasteiger partial charge is 0.237 e. The molecule has 0 amide bonds. The molecule has 0 bridgehead atoms. The maximum Gasteiger partial charge on any atom is 0.237 e. The van der Waals surface area contributed by atoms with Gasteiger partial charge in [0, 0.05) is 32.8 Å². The van der Waals surface area contributed by atoms with Crippen molar-refractivity contribution in [2.75, 3.05) is 38.4 Å². The van der Waals surface area contributed by atoms with Gasteiger partial charge in [-0.1, -0.05) is 0 Å². The van der Waals surface area contributed by atoms with E-state index >= 15 is 0 Å². The van der Waals surface area contributed by atoms with Crippen molar-refractivity contribution in [2.45, 2.75) is 13.0 Å². The first-order chi connectivity index (χ1) is 12.2. The molecule has 0 saturated heterocycles. The number of fused-ring (bicyclic) bond motifs is 2. The molecule has 0 radical (unpaired) electrons. The Kier molecular flexibility index (Phi) is 3.89. The lowest BCUT2D eigenvalue weighted by Crippen LogP contribution is -2.27. The predicted molar refractivity (Wildman–Crippen MR) is 97.5 cm³/mol. The molecule has 4 heterocycles. The highest BCUT2D eigenvalue weighted by Gasteiger charge is 2.19. The van der Waals surface area contributed by atoms with E-state index in [0.29, 0.717) is 11.8 Å². The van der Waals surface area contributed by atoms with Gasteiger partial charge >= 0.3 is 0 Å². The van der Waals surface area contributed by atoms with Crippen LogP contribution in [0.25, 0.3) is 11.0 Å². The molecule has 8 heteroatoms. The minimum absolute atomic E-state index is 0.489. The van der Waals surface area contributed by atoms with Crippen LogP contribution < -0.4 is 15.4 Å². The summed E-state index contributed by atoms with van der Waals surface area (Å²) in [6.45, 7) is 1.88. The first-order valence-electron chi connectivity index (χ1n) is 8.23. The third kappa shape index (κ3) is 2.85. The van der Waals surface area contributed by atoms with Crippen molar-refractivity contribution in [3.8, 4) is 5.88 Å². The molecule has 25 heavy (non-hydrogen) atoms. The summed E-state index contributed by atoms with van der Waals surface area (Å²) in [5.74, 6) is 1.81. The fourth-order valence-electron chi connectivity index (χ4n) is 3.15. The van der Waals surface area contributed by atoms with Crippen molar-refractivity contribution >= 4 is 28.5 Å². The van der Waals surface area contributed by atoms with E-state index in [-0.39, 0.29) is 0 Å². The van der Waals surface area contributed by atoms with Crippen molar-refractivity contribution < 1.29 is 4.74 Å². The van der Waals surface area contributed by atoms with E-state index in [1.807, 2.05) is 19.3 Å². The number of hydrogen-bond acceptors (Lipinski definition) is 7. The van der Waals surface area contributed by atoms with Gasteiger partial charge in [0.2, 0.25) is 11.8 Å². The predicted octanol–water partition coefficient (Wildman–Crippen LogP) is 2.13. The second kappa shape index (κ2) is 6.21. The second-order valence-electron chi connectivity index (χ2n) is 6.15. The number of ether oxygens (including phenoxy) is 1. The summed E-state index contributed by atoms with van der Waals surface area (Å²) >= 11 is 0. The summed E-state index contributed by atoms with van der Waals surface area (Å²) < 4.78 is 5.47. The van der Waals surface area contributed by atoms with E-state index in [2.05, 4.69) is 48.6 Å². The van der Waals surface area contributed by atoms with Crippen LogP contribution in [0.15, 0.2) is 18.3 Å². The number of anilines is 3. The molecule has 8 nitrogen and oxygen atoms in total. The van der Waals surface area contributed by atoms with Crippen LogP contribution in [0.4, 0.5) is 17.5 Å². The number of methoxy groups -OCH3 is 1. The molecule has 0 unspecified atom stereocenters. The molecule has 3 N–H and O–H groups in total. The van der Waals surface area contributed by atoms with Crippen LogP contribution in [-0.4, -0.2) is 52.6 Å². The van der Waals surface area contributed by atoms with E-state index in [1.54, 1.807) is 7.11 Å². The molecule has 0 saturated carbocycles.